The van der Waals surface area contributed by atoms with Crippen LogP contribution in [0.4, 0.5) is 5.82 Å². The van der Waals surface area contributed by atoms with Crippen molar-refractivity contribution in [2.24, 2.45) is 0 Å². The second-order valence-corrected chi connectivity index (χ2v) is 8.95. The molecule has 0 N–H and O–H groups in total. The van der Waals surface area contributed by atoms with Gasteiger partial charge in [0, 0.05) is 35.4 Å². The minimum atomic E-state index is -0.649. The predicted octanol–water partition coefficient (Wildman–Crippen LogP) is 2.24. The van der Waals surface area contributed by atoms with Gasteiger partial charge in [0.25, 0.3) is 0 Å². The Bertz CT molecular complexity index is 739. The summed E-state index contributed by atoms with van der Waals surface area (Å²) in [5.74, 6) is 3.25. The van der Waals surface area contributed by atoms with Gasteiger partial charge in [-0.2, -0.15) is 5.10 Å². The van der Waals surface area contributed by atoms with Crippen molar-refractivity contribution in [3.05, 3.63) is 12.0 Å². The van der Waals surface area contributed by atoms with Crippen LogP contribution in [0.2, 0.25) is 0 Å². The van der Waals surface area contributed by atoms with E-state index in [0.29, 0.717) is 6.04 Å². The predicted molar refractivity (Wildman–Crippen MR) is 94.4 cm³/mol. The molecule has 0 unspecified atom stereocenters. The minimum absolute atomic E-state index is 0.125. The number of nitrogens with zero attached hydrogens (tertiary/aromatic N) is 5. The molecule has 0 spiro atoms. The number of hydrogen-bond donors (Lipinski definition) is 0. The summed E-state index contributed by atoms with van der Waals surface area (Å²) in [6, 6.07) is 0.378. The monoisotopic (exact) mass is 335 g/mol. The Labute approximate surface area is 139 Å². The Morgan fingerprint density at radius 1 is 1.26 bits per heavy atom. The fraction of sp³-hybridized carbons (Fsp3) is 0.688. The van der Waals surface area contributed by atoms with Crippen LogP contribution in [-0.4, -0.2) is 48.6 Å². The molecule has 6 nitrogen and oxygen atoms in total. The average molecular weight is 335 g/mol. The molecule has 0 amide bonds. The first-order valence-corrected chi connectivity index (χ1v) is 9.57. The van der Waals surface area contributed by atoms with Crippen LogP contribution < -0.4 is 4.90 Å². The van der Waals surface area contributed by atoms with Gasteiger partial charge in [0.15, 0.2) is 5.65 Å². The molecule has 0 bridgehead atoms. The molecule has 7 heteroatoms. The van der Waals surface area contributed by atoms with E-state index < -0.39 is 10.8 Å². The van der Waals surface area contributed by atoms with Crippen molar-refractivity contribution in [1.82, 2.24) is 19.7 Å². The van der Waals surface area contributed by atoms with Crippen LogP contribution in [-0.2, 0) is 16.3 Å². The molecule has 3 heterocycles. The standard InChI is InChI=1S/C16H25N5OS/c1-11-18-14(20(5)12-6-8-23(22)9-7-12)13-10-17-21(15(13)19-11)16(2,3)4/h10,12H,6-9H2,1-5H3. The maximum atomic E-state index is 11.6. The minimum Gasteiger partial charge on any atom is -0.356 e. The van der Waals surface area contributed by atoms with E-state index in [1.54, 1.807) is 0 Å². The first kappa shape index (κ1) is 16.4. The van der Waals surface area contributed by atoms with Crippen molar-refractivity contribution >= 4 is 27.7 Å². The third-order valence-electron chi connectivity index (χ3n) is 4.39. The average Bonchev–Trinajstić information content (AvgIpc) is 2.90. The van der Waals surface area contributed by atoms with Crippen LogP contribution in [0.3, 0.4) is 0 Å². The fourth-order valence-electron chi connectivity index (χ4n) is 3.10. The van der Waals surface area contributed by atoms with Crippen LogP contribution in [0.25, 0.3) is 11.0 Å². The molecule has 0 atom stereocenters. The molecule has 1 saturated heterocycles. The summed E-state index contributed by atoms with van der Waals surface area (Å²) in [6.07, 6.45) is 3.76. The van der Waals surface area contributed by atoms with Crippen molar-refractivity contribution in [3.63, 3.8) is 0 Å². The Kier molecular flexibility index (Phi) is 4.16. The number of hydrogen-bond acceptors (Lipinski definition) is 5. The highest BCUT2D eigenvalue weighted by Gasteiger charge is 2.26. The number of aromatic nitrogens is 4. The van der Waals surface area contributed by atoms with Crippen molar-refractivity contribution in [1.29, 1.82) is 0 Å². The van der Waals surface area contributed by atoms with Gasteiger partial charge in [-0.15, -0.1) is 0 Å². The first-order chi connectivity index (χ1) is 10.8. The van der Waals surface area contributed by atoms with Crippen LogP contribution in [0, 0.1) is 6.92 Å². The highest BCUT2D eigenvalue weighted by molar-refractivity contribution is 7.85. The summed E-state index contributed by atoms with van der Waals surface area (Å²) in [7, 11) is 1.43. The van der Waals surface area contributed by atoms with E-state index in [2.05, 4.69) is 47.8 Å². The third kappa shape index (κ3) is 3.11. The van der Waals surface area contributed by atoms with Crippen LogP contribution >= 0.6 is 0 Å². The highest BCUT2D eigenvalue weighted by Crippen LogP contribution is 2.29. The molecule has 0 radical (unpaired) electrons. The largest absolute Gasteiger partial charge is 0.356 e. The molecule has 23 heavy (non-hydrogen) atoms. The van der Waals surface area contributed by atoms with Gasteiger partial charge in [-0.05, 0) is 40.5 Å². The topological polar surface area (TPSA) is 63.9 Å². The first-order valence-electron chi connectivity index (χ1n) is 8.08. The SMILES string of the molecule is Cc1nc(N(C)C2CCS(=O)CC2)c2cnn(C(C)(C)C)c2n1. The number of aryl methyl sites for hydroxylation is 1. The number of rotatable bonds is 2. The Morgan fingerprint density at radius 2 is 1.91 bits per heavy atom. The number of anilines is 1. The van der Waals surface area contributed by atoms with Gasteiger partial charge in [-0.1, -0.05) is 0 Å². The Morgan fingerprint density at radius 3 is 2.52 bits per heavy atom. The zero-order valence-electron chi connectivity index (χ0n) is 14.5. The van der Waals surface area contributed by atoms with Gasteiger partial charge < -0.3 is 4.90 Å². The molecule has 1 fully saturated rings. The second-order valence-electron chi connectivity index (χ2n) is 7.25. The van der Waals surface area contributed by atoms with Crippen molar-refractivity contribution < 1.29 is 4.21 Å². The quantitative estimate of drug-likeness (QED) is 0.842. The molecular formula is C16H25N5OS. The van der Waals surface area contributed by atoms with Gasteiger partial charge in [-0.3, -0.25) is 4.21 Å². The summed E-state index contributed by atoms with van der Waals surface area (Å²) in [5.41, 5.74) is 0.756. The van der Waals surface area contributed by atoms with Gasteiger partial charge >= 0.3 is 0 Å². The molecule has 1 aliphatic heterocycles. The van der Waals surface area contributed by atoms with E-state index in [1.807, 2.05) is 17.8 Å². The summed E-state index contributed by atoms with van der Waals surface area (Å²) in [4.78, 5) is 11.5. The molecule has 126 valence electrons. The van der Waals surface area contributed by atoms with E-state index in [-0.39, 0.29) is 5.54 Å². The molecule has 0 aromatic carbocycles. The van der Waals surface area contributed by atoms with Gasteiger partial charge in [0.05, 0.1) is 17.1 Å². The normalized spacial score (nSPS) is 22.5. The highest BCUT2D eigenvalue weighted by atomic mass is 32.2. The Balaban J connectivity index is 2.04. The fourth-order valence-corrected chi connectivity index (χ4v) is 4.37. The van der Waals surface area contributed by atoms with Crippen molar-refractivity contribution in [2.75, 3.05) is 23.5 Å². The number of fused-ring (bicyclic) bond motifs is 1. The summed E-state index contributed by atoms with van der Waals surface area (Å²) >= 11 is 0. The summed E-state index contributed by atoms with van der Waals surface area (Å²) in [6.45, 7) is 8.29. The summed E-state index contributed by atoms with van der Waals surface area (Å²) < 4.78 is 13.6. The zero-order valence-corrected chi connectivity index (χ0v) is 15.4. The van der Waals surface area contributed by atoms with Crippen molar-refractivity contribution in [2.45, 2.75) is 52.1 Å². The maximum Gasteiger partial charge on any atom is 0.164 e. The zero-order chi connectivity index (χ0) is 16.8. The molecule has 2 aromatic rings. The molecule has 2 aromatic heterocycles. The van der Waals surface area contributed by atoms with E-state index in [1.165, 1.54) is 0 Å². The molecule has 3 rings (SSSR count). The van der Waals surface area contributed by atoms with Gasteiger partial charge in [0.1, 0.15) is 11.6 Å². The van der Waals surface area contributed by atoms with E-state index in [0.717, 1.165) is 47.0 Å². The van der Waals surface area contributed by atoms with Crippen LogP contribution in [0.1, 0.15) is 39.4 Å². The molecule has 0 saturated carbocycles. The lowest BCUT2D eigenvalue weighted by Crippen LogP contribution is -2.38. The van der Waals surface area contributed by atoms with Crippen molar-refractivity contribution in [3.8, 4) is 0 Å². The molecule has 0 aliphatic carbocycles. The van der Waals surface area contributed by atoms with Crippen LogP contribution in [0.5, 0.6) is 0 Å². The maximum absolute atomic E-state index is 11.6. The lowest BCUT2D eigenvalue weighted by molar-refractivity contribution is 0.365. The molecule has 1 aliphatic rings. The van der Waals surface area contributed by atoms with Gasteiger partial charge in [-0.25, -0.2) is 14.6 Å². The lowest BCUT2D eigenvalue weighted by Gasteiger charge is -2.32. The van der Waals surface area contributed by atoms with E-state index >= 15 is 0 Å². The second kappa shape index (κ2) is 5.85. The lowest BCUT2D eigenvalue weighted by atomic mass is 10.1. The van der Waals surface area contributed by atoms with E-state index in [9.17, 15) is 4.21 Å². The van der Waals surface area contributed by atoms with Gasteiger partial charge in [0.2, 0.25) is 0 Å². The summed E-state index contributed by atoms with van der Waals surface area (Å²) in [5, 5.41) is 5.53. The molecular weight excluding hydrogens is 310 g/mol. The smallest absolute Gasteiger partial charge is 0.164 e. The van der Waals surface area contributed by atoms with Crippen LogP contribution in [0.15, 0.2) is 6.20 Å². The third-order valence-corrected chi connectivity index (χ3v) is 5.78. The Hall–Kier alpha value is -1.50. The van der Waals surface area contributed by atoms with E-state index in [4.69, 9.17) is 0 Å².